The van der Waals surface area contributed by atoms with Crippen molar-refractivity contribution in [1.29, 1.82) is 0 Å². The third-order valence-electron chi connectivity index (χ3n) is 5.37. The summed E-state index contributed by atoms with van der Waals surface area (Å²) >= 11 is 0. The van der Waals surface area contributed by atoms with E-state index in [-0.39, 0.29) is 36.6 Å². The van der Waals surface area contributed by atoms with Crippen LogP contribution >= 0.6 is 0 Å². The largest absolute Gasteiger partial charge is 0.465 e. The van der Waals surface area contributed by atoms with E-state index in [1.807, 2.05) is 0 Å². The highest BCUT2D eigenvalue weighted by Gasteiger charge is 2.38. The van der Waals surface area contributed by atoms with Gasteiger partial charge in [-0.05, 0) is 36.2 Å². The molecule has 1 heterocycles. The SMILES string of the molecule is C=CCOC(=O)C1=C(C)N(Cc2ccc(C(=O)OC)cc2)C(=O)CC1c1ccccc1F. The zero-order valence-corrected chi connectivity index (χ0v) is 18.0. The number of methoxy groups -OCH3 is 1. The van der Waals surface area contributed by atoms with Crippen LogP contribution in [0.15, 0.2) is 72.5 Å². The first kappa shape index (κ1) is 22.9. The molecule has 32 heavy (non-hydrogen) atoms. The lowest BCUT2D eigenvalue weighted by Crippen LogP contribution is -2.38. The molecule has 0 radical (unpaired) electrons. The fourth-order valence-electron chi connectivity index (χ4n) is 3.75. The van der Waals surface area contributed by atoms with E-state index in [0.717, 1.165) is 5.56 Å². The molecule has 0 saturated heterocycles. The molecular formula is C25H24FNO5. The van der Waals surface area contributed by atoms with Crippen LogP contribution in [0, 0.1) is 5.82 Å². The van der Waals surface area contributed by atoms with Gasteiger partial charge in [-0.2, -0.15) is 0 Å². The summed E-state index contributed by atoms with van der Waals surface area (Å²) in [5.74, 6) is -2.55. The van der Waals surface area contributed by atoms with E-state index in [2.05, 4.69) is 6.58 Å². The van der Waals surface area contributed by atoms with Crippen molar-refractivity contribution in [3.8, 4) is 0 Å². The Labute approximate surface area is 185 Å². The van der Waals surface area contributed by atoms with Crippen LogP contribution in [0.2, 0.25) is 0 Å². The van der Waals surface area contributed by atoms with Gasteiger partial charge in [0.15, 0.2) is 0 Å². The molecule has 7 heteroatoms. The van der Waals surface area contributed by atoms with Gasteiger partial charge in [-0.1, -0.05) is 43.0 Å². The number of ether oxygens (including phenoxy) is 2. The van der Waals surface area contributed by atoms with Crippen LogP contribution < -0.4 is 0 Å². The molecule has 3 rings (SSSR count). The van der Waals surface area contributed by atoms with E-state index in [4.69, 9.17) is 9.47 Å². The molecule has 0 bridgehead atoms. The Kier molecular flexibility index (Phi) is 7.20. The summed E-state index contributed by atoms with van der Waals surface area (Å²) in [5.41, 5.74) is 2.06. The van der Waals surface area contributed by atoms with E-state index >= 15 is 0 Å². The standard InChI is InChI=1S/C25H24FNO5/c1-4-13-32-25(30)23-16(2)27(15-17-9-11-18(12-10-17)24(29)31-3)22(28)14-20(23)19-7-5-6-8-21(19)26/h4-12,20H,1,13-15H2,2-3H3. The summed E-state index contributed by atoms with van der Waals surface area (Å²) in [6.07, 6.45) is 1.37. The van der Waals surface area contributed by atoms with Crippen molar-refractivity contribution in [2.75, 3.05) is 13.7 Å². The zero-order chi connectivity index (χ0) is 23.3. The number of allylic oxidation sites excluding steroid dienone is 1. The van der Waals surface area contributed by atoms with Gasteiger partial charge < -0.3 is 14.4 Å². The normalized spacial score (nSPS) is 16.0. The number of hydrogen-bond acceptors (Lipinski definition) is 5. The fourth-order valence-corrected chi connectivity index (χ4v) is 3.75. The number of benzene rings is 2. The van der Waals surface area contributed by atoms with Crippen molar-refractivity contribution in [2.24, 2.45) is 0 Å². The molecule has 0 fully saturated rings. The lowest BCUT2D eigenvalue weighted by molar-refractivity contribution is -0.139. The molecule has 0 N–H and O–H groups in total. The highest BCUT2D eigenvalue weighted by Crippen LogP contribution is 2.38. The average Bonchev–Trinajstić information content (AvgIpc) is 2.80. The number of nitrogens with zero attached hydrogens (tertiary/aromatic N) is 1. The van der Waals surface area contributed by atoms with Crippen molar-refractivity contribution >= 4 is 17.8 Å². The number of rotatable bonds is 7. The van der Waals surface area contributed by atoms with E-state index in [9.17, 15) is 18.8 Å². The quantitative estimate of drug-likeness (QED) is 0.481. The van der Waals surface area contributed by atoms with Gasteiger partial charge in [0.05, 0.1) is 24.8 Å². The predicted octanol–water partition coefficient (Wildman–Crippen LogP) is 4.13. The minimum Gasteiger partial charge on any atom is -0.465 e. The molecule has 0 aliphatic carbocycles. The molecule has 1 aliphatic rings. The van der Waals surface area contributed by atoms with Crippen LogP contribution in [0.3, 0.4) is 0 Å². The number of halogens is 1. The first-order valence-corrected chi connectivity index (χ1v) is 10.1. The van der Waals surface area contributed by atoms with Crippen LogP contribution in [0.5, 0.6) is 0 Å². The molecule has 0 aromatic heterocycles. The second-order valence-corrected chi connectivity index (χ2v) is 7.33. The van der Waals surface area contributed by atoms with Crippen LogP contribution in [0.1, 0.15) is 40.7 Å². The molecule has 1 aliphatic heterocycles. The molecule has 166 valence electrons. The molecule has 2 aromatic rings. The number of carbonyl (C=O) groups is 3. The van der Waals surface area contributed by atoms with Crippen molar-refractivity contribution in [3.63, 3.8) is 0 Å². The zero-order valence-electron chi connectivity index (χ0n) is 18.0. The molecular weight excluding hydrogens is 413 g/mol. The minimum atomic E-state index is -0.751. The Morgan fingerprint density at radius 2 is 1.84 bits per heavy atom. The van der Waals surface area contributed by atoms with E-state index < -0.39 is 23.7 Å². The van der Waals surface area contributed by atoms with Gasteiger partial charge in [-0.3, -0.25) is 4.79 Å². The predicted molar refractivity (Wildman–Crippen MR) is 116 cm³/mol. The highest BCUT2D eigenvalue weighted by atomic mass is 19.1. The molecule has 1 unspecified atom stereocenters. The average molecular weight is 437 g/mol. The van der Waals surface area contributed by atoms with Crippen molar-refractivity contribution < 1.29 is 28.2 Å². The lowest BCUT2D eigenvalue weighted by Gasteiger charge is -2.34. The summed E-state index contributed by atoms with van der Waals surface area (Å²) in [6.45, 7) is 5.39. The maximum atomic E-state index is 14.5. The van der Waals surface area contributed by atoms with Crippen LogP contribution in [-0.4, -0.2) is 36.5 Å². The first-order valence-electron chi connectivity index (χ1n) is 10.1. The Morgan fingerprint density at radius 3 is 2.47 bits per heavy atom. The smallest absolute Gasteiger partial charge is 0.337 e. The number of hydrogen-bond donors (Lipinski definition) is 0. The number of carbonyl (C=O) groups excluding carboxylic acids is 3. The van der Waals surface area contributed by atoms with Crippen LogP contribution in [0.25, 0.3) is 0 Å². The van der Waals surface area contributed by atoms with Gasteiger partial charge in [0.2, 0.25) is 5.91 Å². The summed E-state index contributed by atoms with van der Waals surface area (Å²) in [6, 6.07) is 12.7. The second kappa shape index (κ2) is 10.0. The van der Waals surface area contributed by atoms with Gasteiger partial charge in [-0.15, -0.1) is 0 Å². The van der Waals surface area contributed by atoms with E-state index in [0.29, 0.717) is 11.3 Å². The Balaban J connectivity index is 1.98. The van der Waals surface area contributed by atoms with Gasteiger partial charge in [-0.25, -0.2) is 14.0 Å². The van der Waals surface area contributed by atoms with E-state index in [1.165, 1.54) is 24.2 Å². The Bertz CT molecular complexity index is 1070. The summed E-state index contributed by atoms with van der Waals surface area (Å²) in [7, 11) is 1.30. The molecule has 2 aromatic carbocycles. The van der Waals surface area contributed by atoms with Crippen LogP contribution in [0.4, 0.5) is 4.39 Å². The van der Waals surface area contributed by atoms with Crippen molar-refractivity contribution in [2.45, 2.75) is 25.8 Å². The van der Waals surface area contributed by atoms with Crippen LogP contribution in [-0.2, 0) is 25.6 Å². The Hall–Kier alpha value is -3.74. The van der Waals surface area contributed by atoms with Gasteiger partial charge in [0.25, 0.3) is 0 Å². The van der Waals surface area contributed by atoms with Crippen molar-refractivity contribution in [1.82, 2.24) is 4.90 Å². The van der Waals surface area contributed by atoms with Gasteiger partial charge in [0.1, 0.15) is 12.4 Å². The molecule has 0 spiro atoms. The van der Waals surface area contributed by atoms with E-state index in [1.54, 1.807) is 49.4 Å². The van der Waals surface area contributed by atoms with Gasteiger partial charge in [0, 0.05) is 18.0 Å². The fraction of sp³-hybridized carbons (Fsp3) is 0.240. The highest BCUT2D eigenvalue weighted by molar-refractivity contribution is 5.96. The topological polar surface area (TPSA) is 72.9 Å². The summed E-state index contributed by atoms with van der Waals surface area (Å²) < 4.78 is 24.5. The van der Waals surface area contributed by atoms with Crippen molar-refractivity contribution in [3.05, 3.63) is 95.0 Å². The monoisotopic (exact) mass is 437 g/mol. The third-order valence-corrected chi connectivity index (χ3v) is 5.37. The molecule has 0 saturated carbocycles. The lowest BCUT2D eigenvalue weighted by atomic mass is 9.83. The second-order valence-electron chi connectivity index (χ2n) is 7.33. The van der Waals surface area contributed by atoms with Gasteiger partial charge >= 0.3 is 11.9 Å². The summed E-state index contributed by atoms with van der Waals surface area (Å²) in [5, 5.41) is 0. The molecule has 1 amide bonds. The minimum absolute atomic E-state index is 0.00252. The third kappa shape index (κ3) is 4.77. The Morgan fingerprint density at radius 1 is 1.16 bits per heavy atom. The maximum absolute atomic E-state index is 14.5. The number of amides is 1. The first-order chi connectivity index (χ1) is 15.4. The molecule has 1 atom stereocenters. The summed E-state index contributed by atoms with van der Waals surface area (Å²) in [4.78, 5) is 39.0. The number of esters is 2. The molecule has 6 nitrogen and oxygen atoms in total. The maximum Gasteiger partial charge on any atom is 0.337 e.